The Morgan fingerprint density at radius 1 is 1.06 bits per heavy atom. The van der Waals surface area contributed by atoms with Crippen molar-refractivity contribution in [1.82, 2.24) is 5.32 Å². The summed E-state index contributed by atoms with van der Waals surface area (Å²) >= 11 is 9.74. The van der Waals surface area contributed by atoms with Crippen molar-refractivity contribution in [2.75, 3.05) is 13.9 Å². The SMILES string of the molecule is COc1ccc(Br)c(CNCc2ccc3c(c2)OCO3)c1OCc1ccc(F)cc1Cl. The fraction of sp³-hybridized carbons (Fsp3) is 0.217. The van der Waals surface area contributed by atoms with Crippen molar-refractivity contribution in [1.29, 1.82) is 0 Å². The predicted molar refractivity (Wildman–Crippen MR) is 120 cm³/mol. The number of methoxy groups -OCH3 is 1. The van der Waals surface area contributed by atoms with Crippen molar-refractivity contribution in [3.8, 4) is 23.0 Å². The third-order valence-corrected chi connectivity index (χ3v) is 5.94. The summed E-state index contributed by atoms with van der Waals surface area (Å²) in [6.45, 7) is 1.59. The van der Waals surface area contributed by atoms with Gasteiger partial charge in [-0.1, -0.05) is 39.7 Å². The summed E-state index contributed by atoms with van der Waals surface area (Å²) in [6, 6.07) is 13.8. The molecule has 162 valence electrons. The number of hydrogen-bond acceptors (Lipinski definition) is 5. The lowest BCUT2D eigenvalue weighted by molar-refractivity contribution is 0.174. The molecule has 0 aromatic heterocycles. The van der Waals surface area contributed by atoms with E-state index in [2.05, 4.69) is 21.2 Å². The van der Waals surface area contributed by atoms with Crippen molar-refractivity contribution in [3.63, 3.8) is 0 Å². The molecule has 0 bridgehead atoms. The van der Waals surface area contributed by atoms with Crippen LogP contribution in [0.4, 0.5) is 4.39 Å². The summed E-state index contributed by atoms with van der Waals surface area (Å²) in [5.41, 5.74) is 2.66. The van der Waals surface area contributed by atoms with Crippen LogP contribution in [-0.4, -0.2) is 13.9 Å². The van der Waals surface area contributed by atoms with Crippen molar-refractivity contribution in [3.05, 3.63) is 80.5 Å². The summed E-state index contributed by atoms with van der Waals surface area (Å²) in [7, 11) is 1.59. The van der Waals surface area contributed by atoms with Gasteiger partial charge < -0.3 is 24.3 Å². The maximum Gasteiger partial charge on any atom is 0.231 e. The highest BCUT2D eigenvalue weighted by atomic mass is 79.9. The lowest BCUT2D eigenvalue weighted by Crippen LogP contribution is -2.14. The highest BCUT2D eigenvalue weighted by molar-refractivity contribution is 9.10. The number of benzene rings is 3. The van der Waals surface area contributed by atoms with Gasteiger partial charge in [0.2, 0.25) is 6.79 Å². The molecule has 1 aliphatic heterocycles. The van der Waals surface area contributed by atoms with Gasteiger partial charge in [0.15, 0.2) is 23.0 Å². The van der Waals surface area contributed by atoms with Crippen LogP contribution in [0.3, 0.4) is 0 Å². The number of hydrogen-bond donors (Lipinski definition) is 1. The smallest absolute Gasteiger partial charge is 0.231 e. The average Bonchev–Trinajstić information content (AvgIpc) is 3.22. The van der Waals surface area contributed by atoms with Gasteiger partial charge in [0.25, 0.3) is 0 Å². The van der Waals surface area contributed by atoms with Crippen LogP contribution in [0.1, 0.15) is 16.7 Å². The van der Waals surface area contributed by atoms with E-state index in [-0.39, 0.29) is 19.2 Å². The number of nitrogens with one attached hydrogen (secondary N) is 1. The topological polar surface area (TPSA) is 49.0 Å². The molecular formula is C23H20BrClFNO4. The molecular weight excluding hydrogens is 489 g/mol. The Kier molecular flexibility index (Phi) is 6.85. The van der Waals surface area contributed by atoms with E-state index in [0.717, 1.165) is 27.1 Å². The molecule has 3 aromatic rings. The minimum Gasteiger partial charge on any atom is -0.493 e. The van der Waals surface area contributed by atoms with E-state index in [1.54, 1.807) is 13.2 Å². The minimum absolute atomic E-state index is 0.182. The zero-order valence-corrected chi connectivity index (χ0v) is 19.1. The number of halogens is 3. The van der Waals surface area contributed by atoms with Gasteiger partial charge in [-0.05, 0) is 42.0 Å². The maximum absolute atomic E-state index is 13.3. The van der Waals surface area contributed by atoms with E-state index in [0.29, 0.717) is 35.2 Å². The van der Waals surface area contributed by atoms with Gasteiger partial charge >= 0.3 is 0 Å². The van der Waals surface area contributed by atoms with Crippen LogP contribution < -0.4 is 24.3 Å². The molecule has 0 unspecified atom stereocenters. The molecule has 1 N–H and O–H groups in total. The summed E-state index contributed by atoms with van der Waals surface area (Å²) in [5, 5.41) is 3.74. The molecule has 8 heteroatoms. The van der Waals surface area contributed by atoms with Gasteiger partial charge in [-0.15, -0.1) is 0 Å². The van der Waals surface area contributed by atoms with Gasteiger partial charge in [-0.25, -0.2) is 4.39 Å². The number of rotatable bonds is 8. The zero-order chi connectivity index (χ0) is 21.8. The molecule has 3 aromatic carbocycles. The fourth-order valence-corrected chi connectivity index (χ4v) is 3.91. The number of fused-ring (bicyclic) bond motifs is 1. The van der Waals surface area contributed by atoms with Crippen LogP contribution >= 0.6 is 27.5 Å². The van der Waals surface area contributed by atoms with Crippen molar-refractivity contribution < 1.29 is 23.3 Å². The Bertz CT molecular complexity index is 1100. The quantitative estimate of drug-likeness (QED) is 0.414. The summed E-state index contributed by atoms with van der Waals surface area (Å²) in [4.78, 5) is 0. The van der Waals surface area contributed by atoms with E-state index in [9.17, 15) is 4.39 Å². The van der Waals surface area contributed by atoms with E-state index >= 15 is 0 Å². The molecule has 4 rings (SSSR count). The summed E-state index contributed by atoms with van der Waals surface area (Å²) in [5.74, 6) is 2.32. The first-order valence-corrected chi connectivity index (χ1v) is 10.7. The van der Waals surface area contributed by atoms with Gasteiger partial charge in [0, 0.05) is 28.7 Å². The number of ether oxygens (including phenoxy) is 4. The van der Waals surface area contributed by atoms with E-state index in [1.807, 2.05) is 30.3 Å². The average molecular weight is 509 g/mol. The van der Waals surface area contributed by atoms with Gasteiger partial charge in [0.1, 0.15) is 12.4 Å². The fourth-order valence-electron chi connectivity index (χ4n) is 3.24. The van der Waals surface area contributed by atoms with Gasteiger partial charge in [0.05, 0.1) is 12.1 Å². The third-order valence-electron chi connectivity index (χ3n) is 4.84. The first-order valence-electron chi connectivity index (χ1n) is 9.56. The first kappa shape index (κ1) is 21.7. The summed E-state index contributed by atoms with van der Waals surface area (Å²) in [6.07, 6.45) is 0. The highest BCUT2D eigenvalue weighted by Gasteiger charge is 2.17. The Balaban J connectivity index is 1.48. The molecule has 31 heavy (non-hydrogen) atoms. The molecule has 0 amide bonds. The van der Waals surface area contributed by atoms with Crippen LogP contribution in [0.15, 0.2) is 53.0 Å². The minimum atomic E-state index is -0.387. The van der Waals surface area contributed by atoms with Crippen LogP contribution in [0.5, 0.6) is 23.0 Å². The molecule has 5 nitrogen and oxygen atoms in total. The monoisotopic (exact) mass is 507 g/mol. The molecule has 0 fully saturated rings. The molecule has 1 aliphatic rings. The Hall–Kier alpha value is -2.48. The van der Waals surface area contributed by atoms with Crippen LogP contribution in [-0.2, 0) is 19.7 Å². The zero-order valence-electron chi connectivity index (χ0n) is 16.7. The molecule has 1 heterocycles. The van der Waals surface area contributed by atoms with Crippen molar-refractivity contribution >= 4 is 27.5 Å². The van der Waals surface area contributed by atoms with Gasteiger partial charge in [-0.2, -0.15) is 0 Å². The normalized spacial score (nSPS) is 12.1. The molecule has 0 atom stereocenters. The predicted octanol–water partition coefficient (Wildman–Crippen LogP) is 5.85. The second kappa shape index (κ2) is 9.77. The van der Waals surface area contributed by atoms with Crippen LogP contribution in [0.25, 0.3) is 0 Å². The van der Waals surface area contributed by atoms with Crippen molar-refractivity contribution in [2.24, 2.45) is 0 Å². The second-order valence-corrected chi connectivity index (χ2v) is 8.13. The molecule has 0 saturated carbocycles. The highest BCUT2D eigenvalue weighted by Crippen LogP contribution is 2.37. The van der Waals surface area contributed by atoms with Gasteiger partial charge in [-0.3, -0.25) is 0 Å². The Morgan fingerprint density at radius 3 is 2.71 bits per heavy atom. The Morgan fingerprint density at radius 2 is 1.90 bits per heavy atom. The van der Waals surface area contributed by atoms with E-state index in [1.165, 1.54) is 12.1 Å². The molecule has 0 spiro atoms. The van der Waals surface area contributed by atoms with Crippen LogP contribution in [0.2, 0.25) is 5.02 Å². The van der Waals surface area contributed by atoms with E-state index in [4.69, 9.17) is 30.5 Å². The Labute approximate surface area is 193 Å². The van der Waals surface area contributed by atoms with E-state index < -0.39 is 0 Å². The molecule has 0 aliphatic carbocycles. The first-order chi connectivity index (χ1) is 15.0. The summed E-state index contributed by atoms with van der Waals surface area (Å²) < 4.78 is 36.6. The van der Waals surface area contributed by atoms with Crippen LogP contribution in [0, 0.1) is 5.82 Å². The molecule has 0 radical (unpaired) electrons. The molecule has 0 saturated heterocycles. The maximum atomic E-state index is 13.3. The lowest BCUT2D eigenvalue weighted by Gasteiger charge is -2.18. The lowest BCUT2D eigenvalue weighted by atomic mass is 10.1. The van der Waals surface area contributed by atoms with Crippen molar-refractivity contribution in [2.45, 2.75) is 19.7 Å². The second-order valence-electron chi connectivity index (χ2n) is 6.87. The largest absolute Gasteiger partial charge is 0.493 e. The standard InChI is InChI=1S/C23H20BrClFNO4/c1-28-21-7-5-18(24)17(23(21)29-12-15-3-4-16(26)9-19(15)25)11-27-10-14-2-6-20-22(8-14)31-13-30-20/h2-9,27H,10-13H2,1H3. The third kappa shape index (κ3) is 5.06.